The zero-order chi connectivity index (χ0) is 8.15. The first-order valence-electron chi connectivity index (χ1n) is 2.68. The molecule has 60 valence electrons. The molecule has 5 heteroatoms. The molecule has 0 radical (unpaired) electrons. The van der Waals surface area contributed by atoms with E-state index in [0.717, 1.165) is 0 Å². The number of halogens is 3. The van der Waals surface area contributed by atoms with E-state index in [0.29, 0.717) is 6.61 Å². The minimum Gasteiger partial charge on any atom is -0.465 e. The van der Waals surface area contributed by atoms with E-state index in [9.17, 15) is 4.79 Å². The molecule has 0 aromatic heterocycles. The van der Waals surface area contributed by atoms with Gasteiger partial charge in [-0.2, -0.15) is 0 Å². The maximum absolute atomic E-state index is 10.9. The molecule has 0 aromatic rings. The lowest BCUT2D eigenvalue weighted by atomic mass is 10.5. The summed E-state index contributed by atoms with van der Waals surface area (Å²) in [5.41, 5.74) is 0. The largest absolute Gasteiger partial charge is 0.465 e. The van der Waals surface area contributed by atoms with Gasteiger partial charge >= 0.3 is 5.97 Å². The van der Waals surface area contributed by atoms with Crippen LogP contribution < -0.4 is 0 Å². The van der Waals surface area contributed by atoms with E-state index in [1.807, 2.05) is 0 Å². The molecular weight excluding hydrogens is 332 g/mol. The van der Waals surface area contributed by atoms with E-state index >= 15 is 0 Å². The van der Waals surface area contributed by atoms with Crippen molar-refractivity contribution >= 4 is 53.8 Å². The average Bonchev–Trinajstić information content (AvgIpc) is 1.87. The molecule has 1 unspecified atom stereocenters. The molecule has 0 aliphatic carbocycles. The molecule has 0 saturated carbocycles. The third kappa shape index (κ3) is 3.93. The average molecular weight is 339 g/mol. The van der Waals surface area contributed by atoms with Crippen molar-refractivity contribution in [2.24, 2.45) is 0 Å². The van der Waals surface area contributed by atoms with E-state index in [1.165, 1.54) is 0 Å². The Morgan fingerprint density at radius 2 is 2.00 bits per heavy atom. The monoisotopic (exact) mass is 336 g/mol. The van der Waals surface area contributed by atoms with Gasteiger partial charge in [0.1, 0.15) is 4.83 Å². The number of alkyl halides is 3. The van der Waals surface area contributed by atoms with Crippen LogP contribution in [0.4, 0.5) is 0 Å². The Morgan fingerprint density at radius 3 is 2.30 bits per heavy atom. The maximum atomic E-state index is 10.9. The van der Waals surface area contributed by atoms with Crippen LogP contribution in [0.25, 0.3) is 0 Å². The summed E-state index contributed by atoms with van der Waals surface area (Å²) < 4.78 is 4.63. The fraction of sp³-hybridized carbons (Fsp3) is 0.800. The highest BCUT2D eigenvalue weighted by molar-refractivity contribution is 9.25. The quantitative estimate of drug-likeness (QED) is 0.583. The molecule has 0 fully saturated rings. The number of rotatable bonds is 3. The zero-order valence-corrected chi connectivity index (χ0v) is 10.1. The van der Waals surface area contributed by atoms with Crippen molar-refractivity contribution in [1.29, 1.82) is 0 Å². The van der Waals surface area contributed by atoms with Crippen molar-refractivity contribution in [2.75, 3.05) is 6.61 Å². The summed E-state index contributed by atoms with van der Waals surface area (Å²) in [6.45, 7) is 2.18. The number of carbonyl (C=O) groups excluding carboxylic acids is 1. The van der Waals surface area contributed by atoms with Crippen molar-refractivity contribution < 1.29 is 9.53 Å². The van der Waals surface area contributed by atoms with Gasteiger partial charge in [0.2, 0.25) is 0 Å². The molecule has 0 amide bonds. The molecular formula is C5H7Br3O2. The van der Waals surface area contributed by atoms with Crippen molar-refractivity contribution in [3.8, 4) is 0 Å². The third-order valence-corrected chi connectivity index (χ3v) is 4.11. The van der Waals surface area contributed by atoms with Crippen LogP contribution in [0.5, 0.6) is 0 Å². The maximum Gasteiger partial charge on any atom is 0.321 e. The normalized spacial score (nSPS) is 13.3. The lowest BCUT2D eigenvalue weighted by Gasteiger charge is -2.08. The number of hydrogen-bond donors (Lipinski definition) is 0. The predicted octanol–water partition coefficient (Wildman–Crippen LogP) is 2.43. The molecule has 0 heterocycles. The Hall–Kier alpha value is 0.910. The van der Waals surface area contributed by atoms with Crippen LogP contribution in [0, 0.1) is 0 Å². The first kappa shape index (κ1) is 10.9. The van der Waals surface area contributed by atoms with Crippen LogP contribution in [-0.4, -0.2) is 21.1 Å². The Bertz CT molecular complexity index is 115. The summed E-state index contributed by atoms with van der Waals surface area (Å²) in [5.74, 6) is -0.263. The summed E-state index contributed by atoms with van der Waals surface area (Å²) in [4.78, 5) is 10.5. The summed E-state index contributed by atoms with van der Waals surface area (Å²) >= 11 is 9.50. The molecule has 0 bridgehead atoms. The Labute approximate surface area is 85.1 Å². The highest BCUT2D eigenvalue weighted by Crippen LogP contribution is 2.20. The topological polar surface area (TPSA) is 26.3 Å². The van der Waals surface area contributed by atoms with Gasteiger partial charge < -0.3 is 4.74 Å². The number of carbonyl (C=O) groups is 1. The van der Waals surface area contributed by atoms with E-state index in [1.54, 1.807) is 6.92 Å². The second kappa shape index (κ2) is 5.55. The van der Waals surface area contributed by atoms with Gasteiger partial charge in [-0.3, -0.25) is 4.79 Å². The lowest BCUT2D eigenvalue weighted by Crippen LogP contribution is -2.22. The fourth-order valence-corrected chi connectivity index (χ4v) is 0.889. The highest BCUT2D eigenvalue weighted by atomic mass is 79.9. The van der Waals surface area contributed by atoms with Crippen LogP contribution >= 0.6 is 47.8 Å². The molecule has 0 rings (SSSR count). The lowest BCUT2D eigenvalue weighted by molar-refractivity contribution is -0.141. The Morgan fingerprint density at radius 1 is 1.50 bits per heavy atom. The van der Waals surface area contributed by atoms with E-state index < -0.39 is 0 Å². The highest BCUT2D eigenvalue weighted by Gasteiger charge is 2.21. The van der Waals surface area contributed by atoms with E-state index in [2.05, 4.69) is 47.8 Å². The number of hydrogen-bond acceptors (Lipinski definition) is 2. The molecule has 0 aliphatic rings. The van der Waals surface area contributed by atoms with Gasteiger partial charge in [-0.25, -0.2) is 0 Å². The second-order valence-electron chi connectivity index (χ2n) is 1.49. The fourth-order valence-electron chi connectivity index (χ4n) is 0.325. The minimum absolute atomic E-state index is 0.0842. The van der Waals surface area contributed by atoms with Gasteiger partial charge in [0.15, 0.2) is 0 Å². The van der Waals surface area contributed by atoms with Crippen molar-refractivity contribution in [2.45, 2.75) is 15.5 Å². The zero-order valence-electron chi connectivity index (χ0n) is 5.31. The predicted molar refractivity (Wildman–Crippen MR) is 51.0 cm³/mol. The van der Waals surface area contributed by atoms with Gasteiger partial charge in [0.25, 0.3) is 0 Å². The smallest absolute Gasteiger partial charge is 0.321 e. The Kier molecular flexibility index (Phi) is 6.05. The molecule has 0 aromatic carbocycles. The molecule has 1 atom stereocenters. The van der Waals surface area contributed by atoms with Crippen LogP contribution in [0.2, 0.25) is 0 Å². The summed E-state index contributed by atoms with van der Waals surface area (Å²) in [7, 11) is 0. The van der Waals surface area contributed by atoms with E-state index in [4.69, 9.17) is 4.74 Å². The molecule has 10 heavy (non-hydrogen) atoms. The van der Waals surface area contributed by atoms with Crippen LogP contribution in [0.1, 0.15) is 6.92 Å². The molecule has 0 N–H and O–H groups in total. The van der Waals surface area contributed by atoms with Gasteiger partial charge in [-0.05, 0) is 6.92 Å². The first-order valence-corrected chi connectivity index (χ1v) is 5.43. The van der Waals surface area contributed by atoms with Gasteiger partial charge in [0, 0.05) is 0 Å². The third-order valence-electron chi connectivity index (χ3n) is 0.733. The van der Waals surface area contributed by atoms with Crippen LogP contribution in [-0.2, 0) is 9.53 Å². The van der Waals surface area contributed by atoms with Crippen LogP contribution in [0.3, 0.4) is 0 Å². The molecule has 2 nitrogen and oxygen atoms in total. The van der Waals surface area contributed by atoms with Crippen molar-refractivity contribution in [3.63, 3.8) is 0 Å². The second-order valence-corrected chi connectivity index (χ2v) is 5.68. The van der Waals surface area contributed by atoms with E-state index in [-0.39, 0.29) is 14.5 Å². The van der Waals surface area contributed by atoms with Crippen molar-refractivity contribution in [1.82, 2.24) is 0 Å². The van der Waals surface area contributed by atoms with Crippen molar-refractivity contribution in [3.05, 3.63) is 0 Å². The summed E-state index contributed by atoms with van der Waals surface area (Å²) in [6, 6.07) is 0. The first-order chi connectivity index (χ1) is 4.59. The van der Waals surface area contributed by atoms with Gasteiger partial charge in [-0.15, -0.1) is 0 Å². The number of esters is 1. The summed E-state index contributed by atoms with van der Waals surface area (Å²) in [6.07, 6.45) is 0. The molecule has 0 saturated heterocycles. The number of ether oxygens (including phenoxy) is 1. The SMILES string of the molecule is CCOC(=O)C(Br)C(Br)Br. The van der Waals surface area contributed by atoms with Crippen LogP contribution in [0.15, 0.2) is 0 Å². The molecule has 0 aliphatic heterocycles. The standard InChI is InChI=1S/C5H7Br3O2/c1-2-10-5(9)3(6)4(7)8/h3-4H,2H2,1H3. The summed E-state index contributed by atoms with van der Waals surface area (Å²) in [5, 5.41) is 0. The minimum atomic E-state index is -0.326. The molecule has 0 spiro atoms. The van der Waals surface area contributed by atoms with Gasteiger partial charge in [-0.1, -0.05) is 47.8 Å². The van der Waals surface area contributed by atoms with Gasteiger partial charge in [0.05, 0.1) is 10.3 Å². The Balaban J connectivity index is 3.71.